The van der Waals surface area contributed by atoms with Crippen molar-refractivity contribution in [1.82, 2.24) is 19.6 Å². The molecule has 2 amide bonds. The van der Waals surface area contributed by atoms with E-state index in [-0.39, 0.29) is 23.7 Å². The molecule has 0 radical (unpaired) electrons. The van der Waals surface area contributed by atoms with E-state index in [1.54, 1.807) is 44.8 Å². The van der Waals surface area contributed by atoms with Gasteiger partial charge in [0.25, 0.3) is 11.8 Å². The second-order valence-corrected chi connectivity index (χ2v) is 9.28. The van der Waals surface area contributed by atoms with Crippen LogP contribution in [0.1, 0.15) is 44.6 Å². The van der Waals surface area contributed by atoms with E-state index in [0.29, 0.717) is 53.9 Å². The molecule has 33 heavy (non-hydrogen) atoms. The van der Waals surface area contributed by atoms with Crippen LogP contribution in [0, 0.1) is 5.82 Å². The van der Waals surface area contributed by atoms with Crippen molar-refractivity contribution in [3.05, 3.63) is 86.4 Å². The summed E-state index contributed by atoms with van der Waals surface area (Å²) in [5.41, 5.74) is 3.47. The summed E-state index contributed by atoms with van der Waals surface area (Å²) < 4.78 is 15.0. The summed E-state index contributed by atoms with van der Waals surface area (Å²) in [7, 11) is 0. The first kappa shape index (κ1) is 21.9. The first-order chi connectivity index (χ1) is 15.8. The number of fused-ring (bicyclic) bond motifs is 3. The predicted molar refractivity (Wildman–Crippen MR) is 123 cm³/mol. The number of halogens is 3. The molecule has 0 saturated heterocycles. The minimum Gasteiger partial charge on any atom is -0.331 e. The number of carbonyl (C=O) groups excluding carboxylic acids is 2. The number of nitrogens with zero attached hydrogens (tertiary/aromatic N) is 4. The molecule has 1 atom stereocenters. The Kier molecular flexibility index (Phi) is 5.62. The molecule has 6 nitrogen and oxygen atoms in total. The lowest BCUT2D eigenvalue weighted by molar-refractivity contribution is 0.0637. The second-order valence-electron chi connectivity index (χ2n) is 8.47. The van der Waals surface area contributed by atoms with Gasteiger partial charge in [-0.2, -0.15) is 5.10 Å². The summed E-state index contributed by atoms with van der Waals surface area (Å²) in [6, 6.07) is 10.9. The number of benzene rings is 2. The van der Waals surface area contributed by atoms with Crippen molar-refractivity contribution < 1.29 is 14.0 Å². The summed E-state index contributed by atoms with van der Waals surface area (Å²) in [4.78, 5) is 30.1. The lowest BCUT2D eigenvalue weighted by Crippen LogP contribution is -2.44. The number of amides is 2. The van der Waals surface area contributed by atoms with E-state index in [0.717, 1.165) is 16.8 Å². The van der Waals surface area contributed by atoms with Crippen LogP contribution in [0.2, 0.25) is 10.0 Å². The molecule has 3 aromatic rings. The Labute approximate surface area is 200 Å². The van der Waals surface area contributed by atoms with Crippen molar-refractivity contribution in [1.29, 1.82) is 0 Å². The summed E-state index contributed by atoms with van der Waals surface area (Å²) in [5, 5.41) is 5.39. The Bertz CT molecular complexity index is 1260. The van der Waals surface area contributed by atoms with Gasteiger partial charge in [0.2, 0.25) is 0 Å². The molecule has 2 aliphatic heterocycles. The number of hydrogen-bond donors (Lipinski definition) is 0. The summed E-state index contributed by atoms with van der Waals surface area (Å²) in [5.74, 6) is -0.606. The highest BCUT2D eigenvalue weighted by molar-refractivity contribution is 6.42. The van der Waals surface area contributed by atoms with Crippen LogP contribution in [0.25, 0.3) is 0 Å². The molecule has 0 saturated carbocycles. The largest absolute Gasteiger partial charge is 0.331 e. The second kappa shape index (κ2) is 8.47. The van der Waals surface area contributed by atoms with Gasteiger partial charge in [-0.1, -0.05) is 35.3 Å². The summed E-state index contributed by atoms with van der Waals surface area (Å²) >= 11 is 12.1. The van der Waals surface area contributed by atoms with Crippen LogP contribution in [-0.4, -0.2) is 44.0 Å². The zero-order chi connectivity index (χ0) is 23.3. The summed E-state index contributed by atoms with van der Waals surface area (Å²) in [6.07, 6.45) is 0.563. The molecule has 9 heteroatoms. The van der Waals surface area contributed by atoms with E-state index in [2.05, 4.69) is 5.10 Å². The van der Waals surface area contributed by atoms with Crippen molar-refractivity contribution >= 4 is 35.0 Å². The lowest BCUT2D eigenvalue weighted by atomic mass is 9.97. The van der Waals surface area contributed by atoms with Gasteiger partial charge < -0.3 is 9.80 Å². The Morgan fingerprint density at radius 3 is 2.61 bits per heavy atom. The molecular weight excluding hydrogens is 466 g/mol. The topological polar surface area (TPSA) is 58.4 Å². The average molecular weight is 487 g/mol. The molecule has 0 bridgehead atoms. The van der Waals surface area contributed by atoms with Gasteiger partial charge in [0.15, 0.2) is 0 Å². The predicted octanol–water partition coefficient (Wildman–Crippen LogP) is 4.57. The van der Waals surface area contributed by atoms with Crippen LogP contribution in [0.15, 0.2) is 42.5 Å². The number of rotatable bonds is 3. The lowest BCUT2D eigenvalue weighted by Gasteiger charge is -2.34. The van der Waals surface area contributed by atoms with Crippen LogP contribution in [0.5, 0.6) is 0 Å². The van der Waals surface area contributed by atoms with Crippen molar-refractivity contribution in [3.63, 3.8) is 0 Å². The minimum absolute atomic E-state index is 0.0816. The van der Waals surface area contributed by atoms with E-state index in [9.17, 15) is 14.0 Å². The first-order valence-corrected chi connectivity index (χ1v) is 11.5. The highest BCUT2D eigenvalue weighted by atomic mass is 35.5. The van der Waals surface area contributed by atoms with Crippen LogP contribution in [0.3, 0.4) is 0 Å². The minimum atomic E-state index is -0.309. The van der Waals surface area contributed by atoms with Crippen LogP contribution >= 0.6 is 23.2 Å². The van der Waals surface area contributed by atoms with Gasteiger partial charge in [-0.3, -0.25) is 14.3 Å². The maximum absolute atomic E-state index is 13.4. The maximum Gasteiger partial charge on any atom is 0.272 e. The molecule has 0 spiro atoms. The van der Waals surface area contributed by atoms with Crippen LogP contribution < -0.4 is 0 Å². The zero-order valence-electron chi connectivity index (χ0n) is 17.9. The molecule has 170 valence electrons. The van der Waals surface area contributed by atoms with Crippen molar-refractivity contribution in [2.24, 2.45) is 0 Å². The van der Waals surface area contributed by atoms with E-state index in [1.165, 1.54) is 12.1 Å². The van der Waals surface area contributed by atoms with E-state index in [1.807, 2.05) is 6.92 Å². The third kappa shape index (κ3) is 4.00. The first-order valence-electron chi connectivity index (χ1n) is 10.7. The van der Waals surface area contributed by atoms with Gasteiger partial charge in [0.05, 0.1) is 28.8 Å². The van der Waals surface area contributed by atoms with Gasteiger partial charge in [0, 0.05) is 36.7 Å². The Hall–Kier alpha value is -2.90. The molecule has 3 heterocycles. The molecule has 0 unspecified atom stereocenters. The highest BCUT2D eigenvalue weighted by Gasteiger charge is 2.37. The molecule has 0 fully saturated rings. The normalized spacial score (nSPS) is 17.7. The van der Waals surface area contributed by atoms with Gasteiger partial charge in [0.1, 0.15) is 11.5 Å². The number of carbonyl (C=O) groups is 2. The standard InChI is InChI=1S/C24H21Cl2FN4O2/c1-14-10-21-18(13-30(14)23(32)16-4-7-19(25)20(26)11-16)22-24(33)29(8-9-31(22)28-21)12-15-2-5-17(27)6-3-15/h2-7,11,14H,8-10,12-13H2,1H3/t14-/m1/s1. The van der Waals surface area contributed by atoms with Gasteiger partial charge >= 0.3 is 0 Å². The monoisotopic (exact) mass is 486 g/mol. The average Bonchev–Trinajstić information content (AvgIpc) is 3.16. The van der Waals surface area contributed by atoms with E-state index in [4.69, 9.17) is 23.2 Å². The molecule has 5 rings (SSSR count). The smallest absolute Gasteiger partial charge is 0.272 e. The van der Waals surface area contributed by atoms with Gasteiger partial charge in [-0.25, -0.2) is 4.39 Å². The zero-order valence-corrected chi connectivity index (χ0v) is 19.4. The quantitative estimate of drug-likeness (QED) is 0.544. The SMILES string of the molecule is C[C@@H]1Cc2nn3c(c2CN1C(=O)c1ccc(Cl)c(Cl)c1)C(=O)N(Cc1ccc(F)cc1)CC3. The molecule has 2 aliphatic rings. The molecule has 0 N–H and O–H groups in total. The fourth-order valence-electron chi connectivity index (χ4n) is 4.49. The fraction of sp³-hybridized carbons (Fsp3) is 0.292. The molecule has 2 aromatic carbocycles. The van der Waals surface area contributed by atoms with Crippen LogP contribution in [0.4, 0.5) is 4.39 Å². The van der Waals surface area contributed by atoms with Crippen molar-refractivity contribution in [2.45, 2.75) is 39.0 Å². The van der Waals surface area contributed by atoms with Gasteiger partial charge in [-0.05, 0) is 42.8 Å². The van der Waals surface area contributed by atoms with Crippen molar-refractivity contribution in [3.8, 4) is 0 Å². The third-order valence-electron chi connectivity index (χ3n) is 6.27. The fourth-order valence-corrected chi connectivity index (χ4v) is 4.79. The third-order valence-corrected chi connectivity index (χ3v) is 7.01. The molecule has 0 aliphatic carbocycles. The van der Waals surface area contributed by atoms with E-state index < -0.39 is 0 Å². The number of aromatic nitrogens is 2. The summed E-state index contributed by atoms with van der Waals surface area (Å²) in [6.45, 7) is 3.75. The molecule has 1 aromatic heterocycles. The Morgan fingerprint density at radius 1 is 1.12 bits per heavy atom. The van der Waals surface area contributed by atoms with Gasteiger partial charge in [-0.15, -0.1) is 0 Å². The van der Waals surface area contributed by atoms with Crippen LogP contribution in [-0.2, 0) is 26.1 Å². The Balaban J connectivity index is 1.42. The Morgan fingerprint density at radius 2 is 1.88 bits per heavy atom. The maximum atomic E-state index is 13.4. The van der Waals surface area contributed by atoms with Crippen molar-refractivity contribution in [2.75, 3.05) is 6.54 Å². The highest BCUT2D eigenvalue weighted by Crippen LogP contribution is 2.31. The molecular formula is C24H21Cl2FN4O2. The van der Waals surface area contributed by atoms with E-state index >= 15 is 0 Å². The number of hydrogen-bond acceptors (Lipinski definition) is 3.